The van der Waals surface area contributed by atoms with Crippen molar-refractivity contribution in [2.45, 2.75) is 19.3 Å². The lowest BCUT2D eigenvalue weighted by atomic mass is 9.99. The van der Waals surface area contributed by atoms with E-state index in [1.165, 1.54) is 24.3 Å². The molecule has 2 amide bonds. The van der Waals surface area contributed by atoms with Crippen LogP contribution in [0, 0.1) is 11.6 Å². The van der Waals surface area contributed by atoms with Crippen molar-refractivity contribution in [3.05, 3.63) is 58.9 Å². The zero-order valence-electron chi connectivity index (χ0n) is 14.2. The number of hydrogen-bond acceptors (Lipinski definition) is 3. The van der Waals surface area contributed by atoms with Crippen LogP contribution in [0.5, 0.6) is 0 Å². The molecule has 2 aromatic carbocycles. The van der Waals surface area contributed by atoms with Gasteiger partial charge in [0.2, 0.25) is 5.91 Å². The summed E-state index contributed by atoms with van der Waals surface area (Å²) in [6, 6.07) is 6.91. The van der Waals surface area contributed by atoms with Gasteiger partial charge in [-0.25, -0.2) is 13.8 Å². The van der Waals surface area contributed by atoms with Gasteiger partial charge in [-0.1, -0.05) is 0 Å². The second-order valence-electron chi connectivity index (χ2n) is 6.39. The Labute approximate surface area is 153 Å². The quantitative estimate of drug-likeness (QED) is 0.660. The summed E-state index contributed by atoms with van der Waals surface area (Å²) >= 11 is 0. The van der Waals surface area contributed by atoms with Crippen LogP contribution in [0.3, 0.4) is 0 Å². The van der Waals surface area contributed by atoms with Crippen molar-refractivity contribution < 1.29 is 18.4 Å². The monoisotopic (exact) mass is 370 g/mol. The van der Waals surface area contributed by atoms with Crippen molar-refractivity contribution >= 4 is 28.5 Å². The summed E-state index contributed by atoms with van der Waals surface area (Å²) in [7, 11) is 0. The number of carbonyl (C=O) groups is 2. The van der Waals surface area contributed by atoms with Crippen molar-refractivity contribution in [1.29, 1.82) is 0 Å². The van der Waals surface area contributed by atoms with E-state index in [9.17, 15) is 18.4 Å². The van der Waals surface area contributed by atoms with Gasteiger partial charge >= 0.3 is 0 Å². The molecule has 27 heavy (non-hydrogen) atoms. The minimum atomic E-state index is -0.687. The number of rotatable bonds is 4. The lowest BCUT2D eigenvalue weighted by Crippen LogP contribution is -2.28. The van der Waals surface area contributed by atoms with Gasteiger partial charge in [0.1, 0.15) is 17.5 Å². The molecule has 6 nitrogen and oxygen atoms in total. The van der Waals surface area contributed by atoms with Crippen LogP contribution in [0.15, 0.2) is 30.3 Å². The number of amides is 2. The van der Waals surface area contributed by atoms with Gasteiger partial charge in [0.25, 0.3) is 5.91 Å². The summed E-state index contributed by atoms with van der Waals surface area (Å²) in [6.07, 6.45) is 1.17. The van der Waals surface area contributed by atoms with E-state index in [4.69, 9.17) is 0 Å². The molecule has 0 spiro atoms. The van der Waals surface area contributed by atoms with E-state index in [0.29, 0.717) is 41.8 Å². The van der Waals surface area contributed by atoms with E-state index in [2.05, 4.69) is 20.6 Å². The smallest absolute Gasteiger partial charge is 0.254 e. The maximum Gasteiger partial charge on any atom is 0.254 e. The summed E-state index contributed by atoms with van der Waals surface area (Å²) in [5.41, 5.74) is 2.31. The first-order valence-corrected chi connectivity index (χ1v) is 8.54. The number of carbonyl (C=O) groups excluding carboxylic acids is 2. The Morgan fingerprint density at radius 2 is 2.04 bits per heavy atom. The molecule has 138 valence electrons. The van der Waals surface area contributed by atoms with E-state index in [1.807, 2.05) is 0 Å². The third-order valence-electron chi connectivity index (χ3n) is 4.47. The summed E-state index contributed by atoms with van der Waals surface area (Å²) in [5.74, 6) is -1.14. The van der Waals surface area contributed by atoms with Crippen molar-refractivity contribution in [3.8, 4) is 0 Å². The van der Waals surface area contributed by atoms with Gasteiger partial charge < -0.3 is 15.6 Å². The Morgan fingerprint density at radius 1 is 1.19 bits per heavy atom. The number of aromatic amines is 1. The number of anilines is 1. The molecule has 0 saturated heterocycles. The third-order valence-corrected chi connectivity index (χ3v) is 4.47. The first-order valence-electron chi connectivity index (χ1n) is 8.54. The molecular formula is C19H16F2N4O2. The van der Waals surface area contributed by atoms with Crippen LogP contribution in [0.25, 0.3) is 11.0 Å². The lowest BCUT2D eigenvalue weighted by molar-refractivity contribution is -0.116. The fourth-order valence-electron chi connectivity index (χ4n) is 3.12. The zero-order valence-corrected chi connectivity index (χ0v) is 14.2. The van der Waals surface area contributed by atoms with E-state index >= 15 is 0 Å². The van der Waals surface area contributed by atoms with E-state index in [0.717, 1.165) is 5.56 Å². The molecule has 0 fully saturated rings. The molecule has 0 atom stereocenters. The number of benzene rings is 2. The second kappa shape index (κ2) is 6.79. The topological polar surface area (TPSA) is 86.9 Å². The molecule has 8 heteroatoms. The van der Waals surface area contributed by atoms with Gasteiger partial charge in [0, 0.05) is 25.1 Å². The Kier molecular flexibility index (Phi) is 4.31. The van der Waals surface area contributed by atoms with E-state index in [1.54, 1.807) is 6.07 Å². The molecule has 0 saturated carbocycles. The second-order valence-corrected chi connectivity index (χ2v) is 6.39. The van der Waals surface area contributed by atoms with Crippen LogP contribution >= 0.6 is 0 Å². The molecule has 2 heterocycles. The standard InChI is InChI=1S/C19H16F2N4O2/c20-11-2-3-14-16(8-11)24-17(23-14)5-6-22-19(27)12-7-10-1-4-18(26)25-15(10)9-13(12)21/h2-3,7-9H,1,4-6H2,(H,22,27)(H,23,24)(H,25,26). The predicted molar refractivity (Wildman–Crippen MR) is 95.4 cm³/mol. The first kappa shape index (κ1) is 17.1. The van der Waals surface area contributed by atoms with Crippen molar-refractivity contribution in [1.82, 2.24) is 15.3 Å². The van der Waals surface area contributed by atoms with Gasteiger partial charge in [-0.15, -0.1) is 0 Å². The summed E-state index contributed by atoms with van der Waals surface area (Å²) < 4.78 is 27.4. The fourth-order valence-corrected chi connectivity index (χ4v) is 3.12. The number of aryl methyl sites for hydroxylation is 1. The lowest BCUT2D eigenvalue weighted by Gasteiger charge is -2.18. The minimum Gasteiger partial charge on any atom is -0.351 e. The number of hydrogen-bond donors (Lipinski definition) is 3. The average Bonchev–Trinajstić information content (AvgIpc) is 3.02. The molecule has 1 aliphatic heterocycles. The highest BCUT2D eigenvalue weighted by Crippen LogP contribution is 2.25. The van der Waals surface area contributed by atoms with Gasteiger partial charge in [0.15, 0.2) is 0 Å². The van der Waals surface area contributed by atoms with Crippen LogP contribution in [-0.4, -0.2) is 28.3 Å². The third kappa shape index (κ3) is 3.51. The maximum absolute atomic E-state index is 14.2. The van der Waals surface area contributed by atoms with E-state index in [-0.39, 0.29) is 23.8 Å². The number of nitrogens with one attached hydrogen (secondary N) is 3. The molecule has 4 rings (SSSR count). The van der Waals surface area contributed by atoms with Crippen LogP contribution < -0.4 is 10.6 Å². The van der Waals surface area contributed by atoms with E-state index < -0.39 is 11.7 Å². The molecule has 0 unspecified atom stereocenters. The normalized spacial score (nSPS) is 13.3. The summed E-state index contributed by atoms with van der Waals surface area (Å²) in [4.78, 5) is 31.0. The molecule has 0 radical (unpaired) electrons. The van der Waals surface area contributed by atoms with Crippen LogP contribution in [0.4, 0.5) is 14.5 Å². The largest absolute Gasteiger partial charge is 0.351 e. The molecule has 0 bridgehead atoms. The number of nitrogens with zero attached hydrogens (tertiary/aromatic N) is 1. The SMILES string of the molecule is O=C1CCc2cc(C(=O)NCCc3nc4ccc(F)cc4[nH]3)c(F)cc2N1. The first-order chi connectivity index (χ1) is 13.0. The molecule has 3 N–H and O–H groups in total. The Hall–Kier alpha value is -3.29. The number of fused-ring (bicyclic) bond motifs is 2. The van der Waals surface area contributed by atoms with Gasteiger partial charge in [-0.3, -0.25) is 9.59 Å². The molecule has 1 aromatic heterocycles. The Morgan fingerprint density at radius 3 is 2.89 bits per heavy atom. The van der Waals surface area contributed by atoms with Crippen LogP contribution in [0.1, 0.15) is 28.2 Å². The van der Waals surface area contributed by atoms with Gasteiger partial charge in [0.05, 0.1) is 16.6 Å². The Balaban J connectivity index is 1.42. The highest BCUT2D eigenvalue weighted by molar-refractivity contribution is 5.98. The number of H-pyrrole nitrogens is 1. The molecule has 3 aromatic rings. The summed E-state index contributed by atoms with van der Waals surface area (Å²) in [5, 5.41) is 5.26. The van der Waals surface area contributed by atoms with Gasteiger partial charge in [-0.2, -0.15) is 0 Å². The van der Waals surface area contributed by atoms with Crippen LogP contribution in [-0.2, 0) is 17.6 Å². The molecule has 0 aliphatic carbocycles. The highest BCUT2D eigenvalue weighted by Gasteiger charge is 2.20. The zero-order chi connectivity index (χ0) is 19.0. The minimum absolute atomic E-state index is 0.0587. The highest BCUT2D eigenvalue weighted by atomic mass is 19.1. The predicted octanol–water partition coefficient (Wildman–Crippen LogP) is 2.70. The fraction of sp³-hybridized carbons (Fsp3) is 0.211. The number of imidazole rings is 1. The maximum atomic E-state index is 14.2. The van der Waals surface area contributed by atoms with Crippen molar-refractivity contribution in [2.24, 2.45) is 0 Å². The van der Waals surface area contributed by atoms with Gasteiger partial charge in [-0.05, 0) is 42.3 Å². The Bertz CT molecular complexity index is 1060. The molecular weight excluding hydrogens is 354 g/mol. The summed E-state index contributed by atoms with van der Waals surface area (Å²) in [6.45, 7) is 0.244. The van der Waals surface area contributed by atoms with Crippen molar-refractivity contribution in [2.75, 3.05) is 11.9 Å². The van der Waals surface area contributed by atoms with Crippen LogP contribution in [0.2, 0.25) is 0 Å². The number of halogens is 2. The van der Waals surface area contributed by atoms with Crippen molar-refractivity contribution in [3.63, 3.8) is 0 Å². The number of aromatic nitrogens is 2. The average molecular weight is 370 g/mol. The molecule has 1 aliphatic rings.